The van der Waals surface area contributed by atoms with Crippen LogP contribution in [0.3, 0.4) is 0 Å². The van der Waals surface area contributed by atoms with Gasteiger partial charge in [0.25, 0.3) is 0 Å². The first kappa shape index (κ1) is 41.6. The molecule has 53 heavy (non-hydrogen) atoms. The smallest absolute Gasteiger partial charge is 0.413 e. The number of esters is 2. The van der Waals surface area contributed by atoms with Crippen molar-refractivity contribution >= 4 is 75.3 Å². The van der Waals surface area contributed by atoms with Crippen LogP contribution in [0.4, 0.5) is 9.93 Å². The summed E-state index contributed by atoms with van der Waals surface area (Å²) in [6.07, 6.45) is -1.08. The quantitative estimate of drug-likeness (QED) is 0.0588. The maximum absolute atomic E-state index is 14.0. The Kier molecular flexibility index (Phi) is 12.9. The van der Waals surface area contributed by atoms with Gasteiger partial charge < -0.3 is 23.8 Å². The molecule has 0 radical (unpaired) electrons. The number of anilines is 1. The van der Waals surface area contributed by atoms with Gasteiger partial charge in [-0.25, -0.2) is 19.4 Å². The highest BCUT2D eigenvalue weighted by Crippen LogP contribution is 2.48. The molecule has 2 aliphatic rings. The number of Topliss-reactive ketones (excluding diaryl/α,β-unsaturated/α-hetero) is 1. The van der Waals surface area contributed by atoms with Crippen LogP contribution in [0.15, 0.2) is 46.1 Å². The minimum absolute atomic E-state index is 0.00764. The predicted molar refractivity (Wildman–Crippen MR) is 201 cm³/mol. The molecule has 14 nitrogen and oxygen atoms in total. The second kappa shape index (κ2) is 16.5. The summed E-state index contributed by atoms with van der Waals surface area (Å²) >= 11 is 8.69. The van der Waals surface area contributed by atoms with Gasteiger partial charge in [0.15, 0.2) is 16.6 Å². The van der Waals surface area contributed by atoms with Crippen molar-refractivity contribution in [2.45, 2.75) is 103 Å². The fourth-order valence-corrected chi connectivity index (χ4v) is 7.69. The Balaban J connectivity index is 1.57. The molecule has 1 aromatic carbocycles. The van der Waals surface area contributed by atoms with Crippen LogP contribution in [0.1, 0.15) is 80.0 Å². The van der Waals surface area contributed by atoms with E-state index in [2.05, 4.69) is 15.5 Å². The van der Waals surface area contributed by atoms with E-state index in [1.807, 2.05) is 6.92 Å². The van der Waals surface area contributed by atoms with Crippen LogP contribution in [0.2, 0.25) is 0 Å². The van der Waals surface area contributed by atoms with E-state index in [1.165, 1.54) is 35.9 Å². The molecule has 3 heterocycles. The molecule has 0 spiro atoms. The van der Waals surface area contributed by atoms with Gasteiger partial charge in [-0.15, -0.1) is 34.7 Å². The molecule has 288 valence electrons. The van der Waals surface area contributed by atoms with E-state index < -0.39 is 57.8 Å². The summed E-state index contributed by atoms with van der Waals surface area (Å²) in [6, 6.07) is 7.01. The first-order valence-electron chi connectivity index (χ1n) is 16.7. The normalized spacial score (nSPS) is 19.2. The number of benzene rings is 1. The number of thiazole rings is 1. The van der Waals surface area contributed by atoms with E-state index in [-0.39, 0.29) is 46.4 Å². The Morgan fingerprint density at radius 3 is 2.23 bits per heavy atom. The standard InChI is InChI=1S/C36H45ClN4O10S2/c1-19-23(16-37)27(30(44)48-17-20-11-13-21(47-10)14-12-20)41-28(43)22(29(41)53-19)15-25(42)26(40-51-36(8,9)31(45)49-34(2,3)4)24-18-52-32(38-24)39-33(46)50-35(5,6)7/h11-14,18-19,22,29H,15-17H2,1-10H3,(H,38,39,46)/b40-26-/t19-,22+,29+/m0/s1. The van der Waals surface area contributed by atoms with Crippen molar-refractivity contribution in [1.82, 2.24) is 9.88 Å². The molecular formula is C36H45ClN4O10S2. The van der Waals surface area contributed by atoms with E-state index >= 15 is 0 Å². The molecule has 4 rings (SSSR count). The fourth-order valence-electron chi connectivity index (χ4n) is 5.05. The highest BCUT2D eigenvalue weighted by Gasteiger charge is 2.55. The Morgan fingerprint density at radius 1 is 1.00 bits per heavy atom. The molecule has 2 amide bonds. The minimum atomic E-state index is -1.62. The van der Waals surface area contributed by atoms with Gasteiger partial charge in [0.2, 0.25) is 11.5 Å². The van der Waals surface area contributed by atoms with Gasteiger partial charge in [0.1, 0.15) is 34.9 Å². The molecule has 17 heteroatoms. The monoisotopic (exact) mass is 792 g/mol. The summed E-state index contributed by atoms with van der Waals surface area (Å²) in [7, 11) is 1.55. The molecule has 2 aromatic rings. The van der Waals surface area contributed by atoms with Gasteiger partial charge in [0, 0.05) is 22.9 Å². The lowest BCUT2D eigenvalue weighted by molar-refractivity contribution is -0.179. The number of fused-ring (bicyclic) bond motifs is 1. The third-order valence-corrected chi connectivity index (χ3v) is 10.2. The van der Waals surface area contributed by atoms with Crippen molar-refractivity contribution in [2.24, 2.45) is 11.1 Å². The maximum Gasteiger partial charge on any atom is 0.413 e. The van der Waals surface area contributed by atoms with Crippen molar-refractivity contribution < 1.29 is 47.8 Å². The topological polar surface area (TPSA) is 172 Å². The maximum atomic E-state index is 14.0. The van der Waals surface area contributed by atoms with E-state index in [4.69, 9.17) is 35.4 Å². The first-order chi connectivity index (χ1) is 24.6. The highest BCUT2D eigenvalue weighted by molar-refractivity contribution is 8.00. The summed E-state index contributed by atoms with van der Waals surface area (Å²) in [6.45, 7) is 14.9. The van der Waals surface area contributed by atoms with Gasteiger partial charge in [-0.3, -0.25) is 19.8 Å². The van der Waals surface area contributed by atoms with E-state index in [0.717, 1.165) is 16.9 Å². The number of halogens is 1. The van der Waals surface area contributed by atoms with E-state index in [0.29, 0.717) is 11.3 Å². The summed E-state index contributed by atoms with van der Waals surface area (Å²) in [5.74, 6) is -2.73. The lowest BCUT2D eigenvalue weighted by Crippen LogP contribution is -2.63. The SMILES string of the molecule is COc1ccc(COC(=O)C2=C(CCl)[C@H](C)S[C@@H]3[C@H](CC(=O)/C(=N\OC(C)(C)C(=O)OC(C)(C)C)c4csc(NC(=O)OC(C)(C)C)n4)C(=O)N23)cc1. The number of thioether (sulfide) groups is 1. The molecule has 0 unspecified atom stereocenters. The summed E-state index contributed by atoms with van der Waals surface area (Å²) in [5, 5.41) is 7.34. The van der Waals surface area contributed by atoms with Crippen LogP contribution in [0.5, 0.6) is 5.75 Å². The molecular weight excluding hydrogens is 748 g/mol. The largest absolute Gasteiger partial charge is 0.497 e. The Morgan fingerprint density at radius 2 is 1.64 bits per heavy atom. The zero-order chi connectivity index (χ0) is 39.5. The zero-order valence-electron chi connectivity index (χ0n) is 31.4. The minimum Gasteiger partial charge on any atom is -0.497 e. The molecule has 2 aliphatic heterocycles. The Bertz CT molecular complexity index is 1790. The van der Waals surface area contributed by atoms with Crippen LogP contribution in [-0.2, 0) is 44.8 Å². The van der Waals surface area contributed by atoms with Gasteiger partial charge in [-0.2, -0.15) is 0 Å². The number of ketones is 1. The molecule has 3 atom stereocenters. The van der Waals surface area contributed by atoms with Crippen molar-refractivity contribution in [2.75, 3.05) is 18.3 Å². The molecule has 1 saturated heterocycles. The average molecular weight is 793 g/mol. The summed E-state index contributed by atoms with van der Waals surface area (Å²) in [4.78, 5) is 77.9. The summed E-state index contributed by atoms with van der Waals surface area (Å²) in [5.41, 5.74) is -2.13. The van der Waals surface area contributed by atoms with Crippen molar-refractivity contribution in [3.63, 3.8) is 0 Å². The zero-order valence-corrected chi connectivity index (χ0v) is 33.7. The van der Waals surface area contributed by atoms with Gasteiger partial charge in [-0.05, 0) is 85.6 Å². The lowest BCUT2D eigenvalue weighted by atomic mass is 9.89. The molecule has 1 N–H and O–H groups in total. The highest BCUT2D eigenvalue weighted by atomic mass is 35.5. The molecule has 1 aromatic heterocycles. The number of methoxy groups -OCH3 is 1. The molecule has 0 bridgehead atoms. The number of aromatic nitrogens is 1. The number of carbonyl (C=O) groups excluding carboxylic acids is 5. The van der Waals surface area contributed by atoms with E-state index in [1.54, 1.807) is 72.9 Å². The molecule has 0 aliphatic carbocycles. The third kappa shape index (κ3) is 10.5. The number of nitrogens with one attached hydrogen (secondary N) is 1. The molecule has 1 fully saturated rings. The van der Waals surface area contributed by atoms with E-state index in [9.17, 15) is 24.0 Å². The number of rotatable bonds is 13. The third-order valence-electron chi connectivity index (χ3n) is 7.68. The van der Waals surface area contributed by atoms with Crippen LogP contribution in [0.25, 0.3) is 0 Å². The number of β-lactam (4-membered cyclic amide) rings is 1. The second-order valence-electron chi connectivity index (χ2n) is 14.8. The van der Waals surface area contributed by atoms with Crippen LogP contribution < -0.4 is 10.1 Å². The number of hydrogen-bond acceptors (Lipinski definition) is 14. The molecule has 0 saturated carbocycles. The van der Waals surface area contributed by atoms with Crippen LogP contribution in [-0.4, -0.2) is 85.7 Å². The number of amides is 2. The Labute approximate surface area is 321 Å². The van der Waals surface area contributed by atoms with Crippen molar-refractivity contribution in [1.29, 1.82) is 0 Å². The second-order valence-corrected chi connectivity index (χ2v) is 17.3. The fraction of sp³-hybridized carbons (Fsp3) is 0.528. The predicted octanol–water partition coefficient (Wildman–Crippen LogP) is 6.46. The van der Waals surface area contributed by atoms with Crippen molar-refractivity contribution in [3.05, 3.63) is 52.2 Å². The number of oxime groups is 1. The number of alkyl halides is 1. The van der Waals surface area contributed by atoms with Gasteiger partial charge >= 0.3 is 18.0 Å². The van der Waals surface area contributed by atoms with Crippen LogP contribution >= 0.6 is 34.7 Å². The summed E-state index contributed by atoms with van der Waals surface area (Å²) < 4.78 is 21.6. The number of ether oxygens (including phenoxy) is 4. The number of hydrogen-bond donors (Lipinski definition) is 1. The van der Waals surface area contributed by atoms with Crippen molar-refractivity contribution in [3.8, 4) is 5.75 Å². The lowest BCUT2D eigenvalue weighted by Gasteiger charge is -2.51. The van der Waals surface area contributed by atoms with Gasteiger partial charge in [-0.1, -0.05) is 17.3 Å². The van der Waals surface area contributed by atoms with Crippen LogP contribution in [0, 0.1) is 5.92 Å². The first-order valence-corrected chi connectivity index (χ1v) is 19.1. The number of carbonyl (C=O) groups is 5. The average Bonchev–Trinajstić information content (AvgIpc) is 3.51. The van der Waals surface area contributed by atoms with Gasteiger partial charge in [0.05, 0.1) is 18.4 Å². The number of nitrogens with zero attached hydrogens (tertiary/aromatic N) is 3. The Hall–Kier alpha value is -4.15.